The molecule has 0 bridgehead atoms. The zero-order valence-electron chi connectivity index (χ0n) is 30.1. The summed E-state index contributed by atoms with van der Waals surface area (Å²) in [5, 5.41) is 9.80. The van der Waals surface area contributed by atoms with Gasteiger partial charge in [-0.25, -0.2) is 35.4 Å². The number of hydrogen-bond donors (Lipinski definition) is 2. The third-order valence-electron chi connectivity index (χ3n) is 10.1. The van der Waals surface area contributed by atoms with Gasteiger partial charge >= 0.3 is 0 Å². The summed E-state index contributed by atoms with van der Waals surface area (Å²) in [4.78, 5) is 33.2. The normalized spacial score (nSPS) is 17.4. The lowest BCUT2D eigenvalue weighted by Crippen LogP contribution is -2.38. The molecule has 1 amide bonds. The number of amides is 1. The number of carbonyl (C=O) groups is 1. The van der Waals surface area contributed by atoms with Crippen molar-refractivity contribution in [3.05, 3.63) is 104 Å². The van der Waals surface area contributed by atoms with E-state index in [-0.39, 0.29) is 56.2 Å². The molecular weight excluding hydrogens is 825 g/mol. The molecule has 2 aliphatic carbocycles. The summed E-state index contributed by atoms with van der Waals surface area (Å²) < 4.78 is 138. The quantitative estimate of drug-likeness (QED) is 0.147. The minimum atomic E-state index is -3.95. The van der Waals surface area contributed by atoms with E-state index in [0.29, 0.717) is 10.7 Å². The predicted octanol–water partition coefficient (Wildman–Crippen LogP) is 6.17. The van der Waals surface area contributed by atoms with Crippen molar-refractivity contribution in [3.8, 4) is 11.4 Å². The predicted molar refractivity (Wildman–Crippen MR) is 194 cm³/mol. The fourth-order valence-electron chi connectivity index (χ4n) is 7.75. The molecule has 0 saturated heterocycles. The number of hydrogen-bond acceptors (Lipinski definition) is 8. The maximum absolute atomic E-state index is 15.8. The molecule has 6 aromatic rings. The van der Waals surface area contributed by atoms with Gasteiger partial charge in [-0.15, -0.1) is 0 Å². The molecule has 1 saturated carbocycles. The van der Waals surface area contributed by atoms with Crippen molar-refractivity contribution in [2.24, 2.45) is 13.0 Å². The summed E-state index contributed by atoms with van der Waals surface area (Å²) >= 11 is 6.53. The molecule has 0 radical (unpaired) electrons. The van der Waals surface area contributed by atoms with Crippen LogP contribution in [0.2, 0.25) is 5.02 Å². The number of benzene rings is 3. The van der Waals surface area contributed by atoms with Gasteiger partial charge in [-0.2, -0.15) is 19.0 Å². The fourth-order valence-corrected chi connectivity index (χ4v) is 8.49. The van der Waals surface area contributed by atoms with Gasteiger partial charge in [-0.3, -0.25) is 28.2 Å². The zero-order chi connectivity index (χ0) is 41.7. The van der Waals surface area contributed by atoms with Gasteiger partial charge in [0.05, 0.1) is 46.5 Å². The number of carbonyl (C=O) groups excluding carboxylic acids is 1. The highest BCUT2D eigenvalue weighted by atomic mass is 35.5. The molecule has 58 heavy (non-hydrogen) atoms. The highest BCUT2D eigenvalue weighted by Gasteiger charge is 2.67. The van der Waals surface area contributed by atoms with Crippen LogP contribution in [0.1, 0.15) is 53.1 Å². The minimum Gasteiger partial charge on any atom is -0.497 e. The molecule has 8 rings (SSSR count). The van der Waals surface area contributed by atoms with Crippen LogP contribution >= 0.6 is 11.6 Å². The molecule has 3 aromatic heterocycles. The zero-order valence-corrected chi connectivity index (χ0v) is 31.7. The lowest BCUT2D eigenvalue weighted by Gasteiger charge is -2.24. The fraction of sp³-hybridized carbons (Fsp3) is 0.306. The molecule has 13 nitrogen and oxygen atoms in total. The summed E-state index contributed by atoms with van der Waals surface area (Å²) in [7, 11) is -1.35. The van der Waals surface area contributed by atoms with Crippen molar-refractivity contribution < 1.29 is 48.7 Å². The Morgan fingerprint density at radius 3 is 2.43 bits per heavy atom. The highest BCUT2D eigenvalue weighted by molar-refractivity contribution is 7.92. The van der Waals surface area contributed by atoms with Crippen molar-refractivity contribution in [2.75, 3.05) is 18.1 Å². The van der Waals surface area contributed by atoms with Crippen LogP contribution in [0.15, 0.2) is 47.3 Å². The molecule has 304 valence electrons. The third-order valence-corrected chi connectivity index (χ3v) is 10.9. The molecule has 22 heteroatoms. The van der Waals surface area contributed by atoms with Crippen LogP contribution in [0, 0.1) is 23.4 Å². The number of nitrogens with one attached hydrogen (secondary N) is 2. The van der Waals surface area contributed by atoms with Crippen LogP contribution in [-0.4, -0.2) is 56.8 Å². The number of halogens is 8. The van der Waals surface area contributed by atoms with Crippen molar-refractivity contribution >= 4 is 55.2 Å². The van der Waals surface area contributed by atoms with Crippen LogP contribution in [-0.2, 0) is 40.8 Å². The van der Waals surface area contributed by atoms with Crippen LogP contribution < -0.4 is 20.3 Å². The van der Waals surface area contributed by atoms with Crippen molar-refractivity contribution in [2.45, 2.75) is 43.7 Å². The molecule has 0 spiro atoms. The first-order valence-corrected chi connectivity index (χ1v) is 19.5. The average molecular weight is 853 g/mol. The Labute approximate surface area is 327 Å². The van der Waals surface area contributed by atoms with E-state index in [4.69, 9.17) is 16.3 Å². The number of nitrogens with zero attached hydrogens (tertiary/aromatic N) is 6. The van der Waals surface area contributed by atoms with E-state index in [1.54, 1.807) is 0 Å². The number of aromatic nitrogens is 6. The Bertz CT molecular complexity index is 2880. The van der Waals surface area contributed by atoms with Gasteiger partial charge in [-0.05, 0) is 42.2 Å². The van der Waals surface area contributed by atoms with E-state index >= 15 is 13.2 Å². The Hall–Kier alpha value is -5.70. The molecule has 2 N–H and O–H groups in total. The standard InChI is InChI=1S/C36H28ClF7N8O5S/c1-50-30-24(5-4-20(37)27(30)33(48-50)49-58(3,55)56)52-34(46-22-11-17(57-2)10-21(40)28(22)35(52)54)23(8-14-6-15(38)9-16(39)7-14)45-25(53)13-51-31-26(29(47-51)32(41)42)18-12-19(18)36(31,43)44/h4-7,9-11,18-19,23,32H,8,12-13H2,1-3H3,(H,45,53)(H,48,49)/t18?,19?,23-/m0/s1. The largest absolute Gasteiger partial charge is 0.497 e. The number of ether oxygens (including phenoxy) is 1. The average Bonchev–Trinajstić information content (AvgIpc) is 3.66. The van der Waals surface area contributed by atoms with Gasteiger partial charge in [0.2, 0.25) is 15.9 Å². The molecule has 2 unspecified atom stereocenters. The van der Waals surface area contributed by atoms with Gasteiger partial charge in [0.25, 0.3) is 17.9 Å². The number of rotatable bonds is 11. The number of methoxy groups -OCH3 is 1. The van der Waals surface area contributed by atoms with Crippen LogP contribution in [0.4, 0.5) is 36.6 Å². The number of aryl methyl sites for hydroxylation is 1. The molecule has 1 fully saturated rings. The van der Waals surface area contributed by atoms with E-state index in [2.05, 4.69) is 25.2 Å². The first kappa shape index (κ1) is 39.1. The SMILES string of the molecule is COc1cc(F)c2c(=O)n(-c3ccc(Cl)c4c(NS(C)(=O)=O)nn(C)c34)c([C@H](Cc3cc(F)cc(F)c3)NC(=O)Cn3nc(C(F)F)c4c3C(F)(F)C3CC43)nc2c1. The summed E-state index contributed by atoms with van der Waals surface area (Å²) in [6, 6.07) is 5.48. The van der Waals surface area contributed by atoms with E-state index in [0.717, 1.165) is 33.7 Å². The lowest BCUT2D eigenvalue weighted by molar-refractivity contribution is -0.123. The minimum absolute atomic E-state index is 0.00799. The highest BCUT2D eigenvalue weighted by Crippen LogP contribution is 2.68. The molecular formula is C36H28ClF7N8O5S. The number of sulfonamides is 1. The first-order chi connectivity index (χ1) is 27.3. The van der Waals surface area contributed by atoms with Gasteiger partial charge in [0, 0.05) is 43.1 Å². The van der Waals surface area contributed by atoms with E-state index in [1.165, 1.54) is 32.4 Å². The van der Waals surface area contributed by atoms with E-state index in [9.17, 15) is 35.6 Å². The van der Waals surface area contributed by atoms with Gasteiger partial charge in [0.15, 0.2) is 5.82 Å². The smallest absolute Gasteiger partial charge is 0.293 e. The van der Waals surface area contributed by atoms with Crippen molar-refractivity contribution in [1.29, 1.82) is 0 Å². The van der Waals surface area contributed by atoms with Gasteiger partial charge in [-0.1, -0.05) is 11.6 Å². The molecule has 3 atom stereocenters. The van der Waals surface area contributed by atoms with Crippen molar-refractivity contribution in [3.63, 3.8) is 0 Å². The number of alkyl halides is 4. The summed E-state index contributed by atoms with van der Waals surface area (Å²) in [5.41, 5.74) is -3.69. The molecule has 2 aliphatic rings. The third kappa shape index (κ3) is 6.58. The summed E-state index contributed by atoms with van der Waals surface area (Å²) in [5.74, 6) is -10.7. The monoisotopic (exact) mass is 852 g/mol. The molecule has 0 aliphatic heterocycles. The Balaban J connectivity index is 1.35. The second kappa shape index (κ2) is 13.7. The topological polar surface area (TPSA) is 155 Å². The van der Waals surface area contributed by atoms with Crippen molar-refractivity contribution in [1.82, 2.24) is 34.4 Å². The Morgan fingerprint density at radius 2 is 1.78 bits per heavy atom. The van der Waals surface area contributed by atoms with Gasteiger partial charge < -0.3 is 10.1 Å². The van der Waals surface area contributed by atoms with Gasteiger partial charge in [0.1, 0.15) is 52.3 Å². The van der Waals surface area contributed by atoms with E-state index in [1.807, 2.05) is 0 Å². The Kier molecular flexibility index (Phi) is 9.25. The maximum atomic E-state index is 15.8. The molecule has 3 aromatic carbocycles. The number of fused-ring (bicyclic) bond motifs is 5. The van der Waals surface area contributed by atoms with Crippen LogP contribution in [0.25, 0.3) is 27.5 Å². The Morgan fingerprint density at radius 1 is 1.07 bits per heavy atom. The molecule has 3 heterocycles. The first-order valence-electron chi connectivity index (χ1n) is 17.2. The number of anilines is 1. The van der Waals surface area contributed by atoms with Crippen LogP contribution in [0.3, 0.4) is 0 Å². The maximum Gasteiger partial charge on any atom is 0.293 e. The second-order valence-electron chi connectivity index (χ2n) is 14.0. The van der Waals surface area contributed by atoms with Crippen LogP contribution in [0.5, 0.6) is 5.75 Å². The summed E-state index contributed by atoms with van der Waals surface area (Å²) in [6.45, 7) is -1.04. The lowest BCUT2D eigenvalue weighted by atomic mass is 10.0. The summed E-state index contributed by atoms with van der Waals surface area (Å²) in [6.07, 6.45) is -2.95. The van der Waals surface area contributed by atoms with E-state index < -0.39 is 105 Å². The second-order valence-corrected chi connectivity index (χ2v) is 16.2.